The second-order valence-electron chi connectivity index (χ2n) is 5.42. The predicted molar refractivity (Wildman–Crippen MR) is 85.7 cm³/mol. The molecule has 1 aromatic heterocycles. The van der Waals surface area contributed by atoms with Crippen molar-refractivity contribution in [2.75, 3.05) is 0 Å². The van der Waals surface area contributed by atoms with Gasteiger partial charge in [0, 0.05) is 18.9 Å². The molecule has 1 atom stereocenters. The number of aliphatic carboxylic acids is 1. The van der Waals surface area contributed by atoms with E-state index in [2.05, 4.69) is 24.4 Å². The van der Waals surface area contributed by atoms with Crippen LogP contribution in [0.4, 0.5) is 0 Å². The molecule has 0 radical (unpaired) electrons. The lowest BCUT2D eigenvalue weighted by molar-refractivity contribution is -0.137. The van der Waals surface area contributed by atoms with Gasteiger partial charge >= 0.3 is 5.97 Å². The molecule has 2 aromatic rings. The molecule has 0 spiro atoms. The molecule has 0 saturated heterocycles. The van der Waals surface area contributed by atoms with Crippen molar-refractivity contribution in [3.05, 3.63) is 59.5 Å². The summed E-state index contributed by atoms with van der Waals surface area (Å²) < 4.78 is 5.68. The Hall–Kier alpha value is -2.07. The van der Waals surface area contributed by atoms with Gasteiger partial charge in [-0.3, -0.25) is 4.79 Å². The topological polar surface area (TPSA) is 62.5 Å². The van der Waals surface area contributed by atoms with Crippen LogP contribution in [-0.4, -0.2) is 17.1 Å². The number of hydrogen-bond acceptors (Lipinski definition) is 3. The number of rotatable bonds is 9. The maximum atomic E-state index is 10.8. The molecule has 118 valence electrons. The van der Waals surface area contributed by atoms with Gasteiger partial charge in [-0.05, 0) is 30.5 Å². The smallest absolute Gasteiger partial charge is 0.303 e. The van der Waals surface area contributed by atoms with E-state index in [0.29, 0.717) is 13.0 Å². The van der Waals surface area contributed by atoms with Crippen LogP contribution in [0.25, 0.3) is 0 Å². The minimum Gasteiger partial charge on any atom is -0.481 e. The number of nitrogens with one attached hydrogen (secondary N) is 1. The number of benzene rings is 1. The van der Waals surface area contributed by atoms with Crippen LogP contribution >= 0.6 is 0 Å². The van der Waals surface area contributed by atoms with Crippen molar-refractivity contribution in [3.8, 4) is 0 Å². The number of furan rings is 1. The molecule has 0 aliphatic heterocycles. The van der Waals surface area contributed by atoms with Gasteiger partial charge in [0.05, 0.1) is 6.54 Å². The summed E-state index contributed by atoms with van der Waals surface area (Å²) in [5.74, 6) is 1.11. The van der Waals surface area contributed by atoms with Crippen LogP contribution in [0.15, 0.2) is 46.9 Å². The number of hydrogen-bond donors (Lipinski definition) is 2. The molecule has 4 nitrogen and oxygen atoms in total. The van der Waals surface area contributed by atoms with Gasteiger partial charge in [-0.15, -0.1) is 0 Å². The fourth-order valence-electron chi connectivity index (χ4n) is 2.42. The molecular formula is C18H23NO3. The summed E-state index contributed by atoms with van der Waals surface area (Å²) >= 11 is 0. The molecule has 0 saturated carbocycles. The van der Waals surface area contributed by atoms with E-state index >= 15 is 0 Å². The SMILES string of the molecule is CCc1ccc(CNC(CCC(=O)O)Cc2ccccc2)o1. The second kappa shape index (κ2) is 8.39. The van der Waals surface area contributed by atoms with Gasteiger partial charge in [0.15, 0.2) is 0 Å². The van der Waals surface area contributed by atoms with E-state index in [-0.39, 0.29) is 12.5 Å². The third kappa shape index (κ3) is 5.37. The van der Waals surface area contributed by atoms with Crippen LogP contribution in [0, 0.1) is 0 Å². The minimum absolute atomic E-state index is 0.119. The van der Waals surface area contributed by atoms with Crippen molar-refractivity contribution in [1.29, 1.82) is 0 Å². The van der Waals surface area contributed by atoms with Crippen LogP contribution < -0.4 is 5.32 Å². The first-order valence-corrected chi connectivity index (χ1v) is 7.74. The quantitative estimate of drug-likeness (QED) is 0.745. The highest BCUT2D eigenvalue weighted by Crippen LogP contribution is 2.11. The zero-order valence-corrected chi connectivity index (χ0v) is 12.9. The predicted octanol–water partition coefficient (Wildman–Crippen LogP) is 3.41. The first-order valence-electron chi connectivity index (χ1n) is 7.74. The molecule has 4 heteroatoms. The lowest BCUT2D eigenvalue weighted by Crippen LogP contribution is -2.31. The number of carboxylic acid groups (broad SMARTS) is 1. The highest BCUT2D eigenvalue weighted by atomic mass is 16.4. The Labute approximate surface area is 131 Å². The van der Waals surface area contributed by atoms with Crippen molar-refractivity contribution in [2.45, 2.75) is 45.2 Å². The van der Waals surface area contributed by atoms with Gasteiger partial charge in [0.2, 0.25) is 0 Å². The molecule has 1 unspecified atom stereocenters. The monoisotopic (exact) mass is 301 g/mol. The summed E-state index contributed by atoms with van der Waals surface area (Å²) in [5, 5.41) is 12.3. The average molecular weight is 301 g/mol. The first kappa shape index (κ1) is 16.3. The summed E-state index contributed by atoms with van der Waals surface area (Å²) in [4.78, 5) is 10.8. The lowest BCUT2D eigenvalue weighted by atomic mass is 10.0. The van der Waals surface area contributed by atoms with Crippen LogP contribution in [0.5, 0.6) is 0 Å². The molecular weight excluding hydrogens is 278 g/mol. The Morgan fingerprint density at radius 2 is 1.91 bits per heavy atom. The van der Waals surface area contributed by atoms with Gasteiger partial charge in [-0.2, -0.15) is 0 Å². The third-order valence-electron chi connectivity index (χ3n) is 3.66. The van der Waals surface area contributed by atoms with E-state index in [0.717, 1.165) is 24.4 Å². The van der Waals surface area contributed by atoms with Crippen LogP contribution in [0.3, 0.4) is 0 Å². The Morgan fingerprint density at radius 1 is 1.18 bits per heavy atom. The van der Waals surface area contributed by atoms with E-state index in [9.17, 15) is 4.79 Å². The third-order valence-corrected chi connectivity index (χ3v) is 3.66. The van der Waals surface area contributed by atoms with E-state index in [4.69, 9.17) is 9.52 Å². The Bertz CT molecular complexity index is 577. The minimum atomic E-state index is -0.758. The van der Waals surface area contributed by atoms with E-state index in [1.54, 1.807) is 0 Å². The zero-order chi connectivity index (χ0) is 15.8. The average Bonchev–Trinajstić information content (AvgIpc) is 2.99. The number of carboxylic acids is 1. The molecule has 2 N–H and O–H groups in total. The molecule has 0 aliphatic rings. The fraction of sp³-hybridized carbons (Fsp3) is 0.389. The van der Waals surface area contributed by atoms with Gasteiger partial charge in [0.1, 0.15) is 11.5 Å². The molecule has 0 amide bonds. The van der Waals surface area contributed by atoms with Crippen LogP contribution in [-0.2, 0) is 24.2 Å². The first-order chi connectivity index (χ1) is 10.7. The number of aryl methyl sites for hydroxylation is 1. The van der Waals surface area contributed by atoms with Crippen molar-refractivity contribution in [1.82, 2.24) is 5.32 Å². The Kier molecular flexibility index (Phi) is 6.22. The van der Waals surface area contributed by atoms with E-state index in [1.165, 1.54) is 5.56 Å². The Balaban J connectivity index is 1.92. The van der Waals surface area contributed by atoms with Crippen molar-refractivity contribution < 1.29 is 14.3 Å². The highest BCUT2D eigenvalue weighted by molar-refractivity contribution is 5.66. The van der Waals surface area contributed by atoms with Crippen LogP contribution in [0.1, 0.15) is 36.8 Å². The summed E-state index contributed by atoms with van der Waals surface area (Å²) in [5.41, 5.74) is 1.21. The molecule has 1 heterocycles. The maximum absolute atomic E-state index is 10.8. The van der Waals surface area contributed by atoms with Crippen LogP contribution in [0.2, 0.25) is 0 Å². The van der Waals surface area contributed by atoms with Crippen molar-refractivity contribution in [2.24, 2.45) is 0 Å². The van der Waals surface area contributed by atoms with Gasteiger partial charge < -0.3 is 14.8 Å². The second-order valence-corrected chi connectivity index (χ2v) is 5.42. The fourth-order valence-corrected chi connectivity index (χ4v) is 2.42. The van der Waals surface area contributed by atoms with E-state index in [1.807, 2.05) is 30.3 Å². The van der Waals surface area contributed by atoms with Gasteiger partial charge in [-0.1, -0.05) is 37.3 Å². The normalized spacial score (nSPS) is 12.2. The van der Waals surface area contributed by atoms with E-state index < -0.39 is 5.97 Å². The standard InChI is InChI=1S/C18H23NO3/c1-2-16-9-10-17(22-16)13-19-15(8-11-18(20)21)12-14-6-4-3-5-7-14/h3-7,9-10,15,19H,2,8,11-13H2,1H3,(H,20,21). The number of carbonyl (C=O) groups is 1. The molecule has 0 fully saturated rings. The molecule has 0 bridgehead atoms. The maximum Gasteiger partial charge on any atom is 0.303 e. The van der Waals surface area contributed by atoms with Crippen molar-refractivity contribution >= 4 is 5.97 Å². The highest BCUT2D eigenvalue weighted by Gasteiger charge is 2.12. The van der Waals surface area contributed by atoms with Gasteiger partial charge in [0.25, 0.3) is 0 Å². The summed E-state index contributed by atoms with van der Waals surface area (Å²) in [6, 6.07) is 14.2. The largest absolute Gasteiger partial charge is 0.481 e. The lowest BCUT2D eigenvalue weighted by Gasteiger charge is -2.17. The molecule has 1 aromatic carbocycles. The summed E-state index contributed by atoms with van der Waals surface area (Å²) in [6.45, 7) is 2.68. The summed E-state index contributed by atoms with van der Waals surface area (Å²) in [7, 11) is 0. The zero-order valence-electron chi connectivity index (χ0n) is 12.9. The molecule has 22 heavy (non-hydrogen) atoms. The van der Waals surface area contributed by atoms with Gasteiger partial charge in [-0.25, -0.2) is 0 Å². The Morgan fingerprint density at radius 3 is 2.55 bits per heavy atom. The summed E-state index contributed by atoms with van der Waals surface area (Å²) in [6.07, 6.45) is 2.47. The molecule has 2 rings (SSSR count). The van der Waals surface area contributed by atoms with Crippen molar-refractivity contribution in [3.63, 3.8) is 0 Å². The molecule has 0 aliphatic carbocycles.